The average molecular weight is 175 g/mol. The number of hydrogen-bond donors (Lipinski definition) is 0. The zero-order valence-corrected chi connectivity index (χ0v) is 6.86. The quantitative estimate of drug-likeness (QED) is 0.670. The molecule has 1 aromatic carbocycles. The summed E-state index contributed by atoms with van der Waals surface area (Å²) < 4.78 is 17.1. The fraction of sp³-hybridized carbons (Fsp3) is 0.250. The van der Waals surface area contributed by atoms with E-state index < -0.39 is 6.67 Å². The second kappa shape index (κ2) is 3.58. The van der Waals surface area contributed by atoms with E-state index in [0.29, 0.717) is 16.3 Å². The molecule has 0 aliphatic heterocycles. The fourth-order valence-electron chi connectivity index (χ4n) is 0.829. The highest BCUT2D eigenvalue weighted by Gasteiger charge is 2.01. The standard InChI is InChI=1S/C8H8ClFO/c1-11-8-4-7(9)3-2-6(8)5-10/h2-4H,5H2,1H3. The van der Waals surface area contributed by atoms with Crippen LogP contribution in [0.25, 0.3) is 0 Å². The smallest absolute Gasteiger partial charge is 0.126 e. The number of ether oxygens (including phenoxy) is 1. The van der Waals surface area contributed by atoms with Gasteiger partial charge < -0.3 is 4.74 Å². The van der Waals surface area contributed by atoms with Gasteiger partial charge in [-0.2, -0.15) is 0 Å². The maximum atomic E-state index is 12.2. The molecular formula is C8H8ClFO. The Kier molecular flexibility index (Phi) is 2.71. The topological polar surface area (TPSA) is 9.23 Å². The van der Waals surface area contributed by atoms with Gasteiger partial charge in [-0.3, -0.25) is 0 Å². The summed E-state index contributed by atoms with van der Waals surface area (Å²) in [4.78, 5) is 0. The number of rotatable bonds is 2. The number of benzene rings is 1. The van der Waals surface area contributed by atoms with E-state index in [4.69, 9.17) is 16.3 Å². The minimum atomic E-state index is -0.527. The van der Waals surface area contributed by atoms with Crippen molar-refractivity contribution >= 4 is 11.6 Å². The third kappa shape index (κ3) is 1.84. The summed E-state index contributed by atoms with van der Waals surface area (Å²) in [5, 5.41) is 0.555. The molecule has 0 aliphatic carbocycles. The summed E-state index contributed by atoms with van der Waals surface area (Å²) in [6.07, 6.45) is 0. The van der Waals surface area contributed by atoms with Gasteiger partial charge in [-0.25, -0.2) is 4.39 Å². The van der Waals surface area contributed by atoms with E-state index in [9.17, 15) is 4.39 Å². The van der Waals surface area contributed by atoms with Gasteiger partial charge >= 0.3 is 0 Å². The summed E-state index contributed by atoms with van der Waals surface area (Å²) in [7, 11) is 1.49. The molecular weight excluding hydrogens is 167 g/mol. The molecule has 0 aliphatic rings. The number of methoxy groups -OCH3 is 1. The molecule has 0 spiro atoms. The van der Waals surface area contributed by atoms with Crippen molar-refractivity contribution in [1.82, 2.24) is 0 Å². The lowest BCUT2D eigenvalue weighted by Gasteiger charge is -2.04. The highest BCUT2D eigenvalue weighted by Crippen LogP contribution is 2.23. The lowest BCUT2D eigenvalue weighted by molar-refractivity contribution is 0.394. The lowest BCUT2D eigenvalue weighted by Crippen LogP contribution is -1.88. The molecule has 1 nitrogen and oxygen atoms in total. The first kappa shape index (κ1) is 8.34. The molecule has 0 amide bonds. The summed E-state index contributed by atoms with van der Waals surface area (Å²) in [6, 6.07) is 4.84. The monoisotopic (exact) mass is 174 g/mol. The molecule has 0 unspecified atom stereocenters. The first-order chi connectivity index (χ1) is 5.27. The van der Waals surface area contributed by atoms with Crippen molar-refractivity contribution in [3.63, 3.8) is 0 Å². The van der Waals surface area contributed by atoms with Crippen LogP contribution in [0, 0.1) is 0 Å². The zero-order valence-electron chi connectivity index (χ0n) is 6.10. The second-order valence-electron chi connectivity index (χ2n) is 2.09. The highest BCUT2D eigenvalue weighted by molar-refractivity contribution is 6.30. The Labute approximate surface area is 69.7 Å². The third-order valence-electron chi connectivity index (χ3n) is 1.39. The Morgan fingerprint density at radius 1 is 1.55 bits per heavy atom. The van der Waals surface area contributed by atoms with Gasteiger partial charge in [0.25, 0.3) is 0 Å². The van der Waals surface area contributed by atoms with Crippen LogP contribution in [0.15, 0.2) is 18.2 Å². The molecule has 0 saturated carbocycles. The summed E-state index contributed by atoms with van der Waals surface area (Å²) >= 11 is 5.65. The maximum absolute atomic E-state index is 12.2. The van der Waals surface area contributed by atoms with E-state index in [1.54, 1.807) is 18.2 Å². The molecule has 0 fully saturated rings. The Balaban J connectivity index is 3.06. The molecule has 0 bridgehead atoms. The summed E-state index contributed by atoms with van der Waals surface area (Å²) in [5.41, 5.74) is 0.525. The molecule has 0 radical (unpaired) electrons. The molecule has 11 heavy (non-hydrogen) atoms. The van der Waals surface area contributed by atoms with Gasteiger partial charge in [0.05, 0.1) is 7.11 Å². The van der Waals surface area contributed by atoms with Crippen molar-refractivity contribution in [2.45, 2.75) is 6.67 Å². The molecule has 0 saturated heterocycles. The van der Waals surface area contributed by atoms with Crippen LogP contribution in [0.4, 0.5) is 4.39 Å². The van der Waals surface area contributed by atoms with Gasteiger partial charge in [0.1, 0.15) is 12.4 Å². The van der Waals surface area contributed by atoms with Crippen LogP contribution in [0.3, 0.4) is 0 Å². The number of halogens is 2. The van der Waals surface area contributed by atoms with Crippen molar-refractivity contribution < 1.29 is 9.13 Å². The predicted molar refractivity (Wildman–Crippen MR) is 42.8 cm³/mol. The van der Waals surface area contributed by atoms with Crippen molar-refractivity contribution in [2.24, 2.45) is 0 Å². The van der Waals surface area contributed by atoms with Gasteiger partial charge in [0.15, 0.2) is 0 Å². The van der Waals surface area contributed by atoms with Gasteiger partial charge in [-0.15, -0.1) is 0 Å². The molecule has 3 heteroatoms. The molecule has 1 aromatic rings. The van der Waals surface area contributed by atoms with Crippen LogP contribution < -0.4 is 4.74 Å². The minimum Gasteiger partial charge on any atom is -0.496 e. The Hall–Kier alpha value is -0.760. The normalized spacial score (nSPS) is 9.73. The first-order valence-corrected chi connectivity index (χ1v) is 3.54. The van der Waals surface area contributed by atoms with Crippen LogP contribution in [0.2, 0.25) is 5.02 Å². The molecule has 60 valence electrons. The van der Waals surface area contributed by atoms with Gasteiger partial charge in [-0.1, -0.05) is 17.7 Å². The molecule has 0 heterocycles. The van der Waals surface area contributed by atoms with Crippen molar-refractivity contribution in [3.8, 4) is 5.75 Å². The number of alkyl halides is 1. The predicted octanol–water partition coefficient (Wildman–Crippen LogP) is 2.82. The van der Waals surface area contributed by atoms with Gasteiger partial charge in [0.2, 0.25) is 0 Å². The van der Waals surface area contributed by atoms with Crippen LogP contribution in [-0.4, -0.2) is 7.11 Å². The molecule has 0 aromatic heterocycles. The van der Waals surface area contributed by atoms with Crippen molar-refractivity contribution in [3.05, 3.63) is 28.8 Å². The molecule has 1 rings (SSSR count). The van der Waals surface area contributed by atoms with Crippen LogP contribution in [0.5, 0.6) is 5.75 Å². The summed E-state index contributed by atoms with van der Waals surface area (Å²) in [6.45, 7) is -0.527. The van der Waals surface area contributed by atoms with Crippen molar-refractivity contribution in [1.29, 1.82) is 0 Å². The van der Waals surface area contributed by atoms with E-state index in [-0.39, 0.29) is 0 Å². The Morgan fingerprint density at radius 3 is 2.82 bits per heavy atom. The summed E-state index contributed by atoms with van der Waals surface area (Å²) in [5.74, 6) is 0.500. The van der Waals surface area contributed by atoms with Crippen LogP contribution in [0.1, 0.15) is 5.56 Å². The van der Waals surface area contributed by atoms with Crippen LogP contribution in [-0.2, 0) is 6.67 Å². The Morgan fingerprint density at radius 2 is 2.27 bits per heavy atom. The van der Waals surface area contributed by atoms with Crippen molar-refractivity contribution in [2.75, 3.05) is 7.11 Å². The third-order valence-corrected chi connectivity index (χ3v) is 1.63. The second-order valence-corrected chi connectivity index (χ2v) is 2.53. The molecule has 0 N–H and O–H groups in total. The molecule has 0 atom stereocenters. The van der Waals surface area contributed by atoms with Gasteiger partial charge in [-0.05, 0) is 12.1 Å². The largest absolute Gasteiger partial charge is 0.496 e. The van der Waals surface area contributed by atoms with E-state index in [1.165, 1.54) is 7.11 Å². The lowest BCUT2D eigenvalue weighted by atomic mass is 10.2. The van der Waals surface area contributed by atoms with Crippen LogP contribution >= 0.6 is 11.6 Å². The van der Waals surface area contributed by atoms with Gasteiger partial charge in [0, 0.05) is 10.6 Å². The first-order valence-electron chi connectivity index (χ1n) is 3.16. The van der Waals surface area contributed by atoms with E-state index in [1.807, 2.05) is 0 Å². The van der Waals surface area contributed by atoms with E-state index in [2.05, 4.69) is 0 Å². The minimum absolute atomic E-state index is 0.500. The van der Waals surface area contributed by atoms with E-state index in [0.717, 1.165) is 0 Å². The SMILES string of the molecule is COc1cc(Cl)ccc1CF. The Bertz CT molecular complexity index is 250. The number of hydrogen-bond acceptors (Lipinski definition) is 1. The maximum Gasteiger partial charge on any atom is 0.126 e. The van der Waals surface area contributed by atoms with E-state index >= 15 is 0 Å². The highest BCUT2D eigenvalue weighted by atomic mass is 35.5. The zero-order chi connectivity index (χ0) is 8.27. The fourth-order valence-corrected chi connectivity index (χ4v) is 0.991. The average Bonchev–Trinajstić information content (AvgIpc) is 2.04.